The van der Waals surface area contributed by atoms with Crippen molar-refractivity contribution in [2.75, 3.05) is 45.1 Å². The number of likely N-dealkylation sites (tertiary alicyclic amines) is 1. The molecule has 158 valence electrons. The van der Waals surface area contributed by atoms with Gasteiger partial charge in [-0.1, -0.05) is 6.07 Å². The Morgan fingerprint density at radius 3 is 2.55 bits per heavy atom. The zero-order valence-electron chi connectivity index (χ0n) is 16.9. The molecule has 2 heterocycles. The molecule has 3 rings (SSSR count). The van der Waals surface area contributed by atoms with E-state index in [1.54, 1.807) is 41.8 Å². The van der Waals surface area contributed by atoms with E-state index in [2.05, 4.69) is 4.90 Å². The molecule has 0 spiro atoms. The minimum atomic E-state index is -3.57. The SMILES string of the molecule is CN(C)C1CCCN(C(=O)COc2ccc(N(C)S(=O)(=O)c3cccs3)cc2)C1. The van der Waals surface area contributed by atoms with Gasteiger partial charge in [0.1, 0.15) is 9.96 Å². The highest BCUT2D eigenvalue weighted by atomic mass is 32.2. The molecular formula is C20H27N3O4S2. The van der Waals surface area contributed by atoms with Crippen LogP contribution in [0.1, 0.15) is 12.8 Å². The summed E-state index contributed by atoms with van der Waals surface area (Å²) in [7, 11) is 2.02. The van der Waals surface area contributed by atoms with Crippen molar-refractivity contribution in [1.82, 2.24) is 9.80 Å². The number of thiophene rings is 1. The minimum absolute atomic E-state index is 0.0250. The zero-order chi connectivity index (χ0) is 21.0. The van der Waals surface area contributed by atoms with Crippen molar-refractivity contribution >= 4 is 33.0 Å². The number of likely N-dealkylation sites (N-methyl/N-ethyl adjacent to an activating group) is 1. The minimum Gasteiger partial charge on any atom is -0.484 e. The van der Waals surface area contributed by atoms with E-state index in [9.17, 15) is 13.2 Å². The summed E-state index contributed by atoms with van der Waals surface area (Å²) in [6.45, 7) is 1.46. The summed E-state index contributed by atoms with van der Waals surface area (Å²) in [5.41, 5.74) is 0.530. The Kier molecular flexibility index (Phi) is 6.81. The Labute approximate surface area is 176 Å². The molecule has 0 saturated carbocycles. The van der Waals surface area contributed by atoms with Gasteiger partial charge >= 0.3 is 0 Å². The second kappa shape index (κ2) is 9.15. The van der Waals surface area contributed by atoms with Crippen molar-refractivity contribution in [2.45, 2.75) is 23.1 Å². The van der Waals surface area contributed by atoms with E-state index in [0.29, 0.717) is 21.7 Å². The van der Waals surface area contributed by atoms with Crippen molar-refractivity contribution in [3.8, 4) is 5.75 Å². The highest BCUT2D eigenvalue weighted by Gasteiger charge is 2.25. The summed E-state index contributed by atoms with van der Waals surface area (Å²) >= 11 is 1.18. The van der Waals surface area contributed by atoms with Crippen molar-refractivity contribution in [3.63, 3.8) is 0 Å². The number of benzene rings is 1. The number of rotatable bonds is 7. The van der Waals surface area contributed by atoms with E-state index in [1.165, 1.54) is 22.7 Å². The average Bonchev–Trinajstić information content (AvgIpc) is 3.27. The third kappa shape index (κ3) is 5.09. The van der Waals surface area contributed by atoms with Crippen LogP contribution in [0.2, 0.25) is 0 Å². The number of sulfonamides is 1. The fourth-order valence-electron chi connectivity index (χ4n) is 3.28. The summed E-state index contributed by atoms with van der Waals surface area (Å²) in [6.07, 6.45) is 2.09. The Morgan fingerprint density at radius 2 is 1.93 bits per heavy atom. The summed E-state index contributed by atoms with van der Waals surface area (Å²) < 4.78 is 32.4. The number of carbonyl (C=O) groups excluding carboxylic acids is 1. The molecule has 9 heteroatoms. The Morgan fingerprint density at radius 1 is 1.21 bits per heavy atom. The predicted octanol–water partition coefficient (Wildman–Crippen LogP) is 2.50. The molecule has 0 radical (unpaired) electrons. The van der Waals surface area contributed by atoms with Gasteiger partial charge in [0.05, 0.1) is 5.69 Å². The molecule has 29 heavy (non-hydrogen) atoms. The molecule has 1 amide bonds. The molecule has 0 N–H and O–H groups in total. The van der Waals surface area contributed by atoms with Gasteiger partial charge in [0.2, 0.25) is 0 Å². The summed E-state index contributed by atoms with van der Waals surface area (Å²) in [5.74, 6) is 0.503. The van der Waals surface area contributed by atoms with Crippen molar-refractivity contribution in [1.29, 1.82) is 0 Å². The Balaban J connectivity index is 1.57. The standard InChI is InChI=1S/C20H27N3O4S2/c1-21(2)17-6-4-12-23(14-17)19(24)15-27-18-10-8-16(9-11-18)22(3)29(25,26)20-7-5-13-28-20/h5,7-11,13,17H,4,6,12,14-15H2,1-3H3. The molecule has 1 fully saturated rings. The molecule has 1 aromatic heterocycles. The number of carbonyl (C=O) groups is 1. The number of hydrogen-bond acceptors (Lipinski definition) is 6. The van der Waals surface area contributed by atoms with E-state index in [-0.39, 0.29) is 12.5 Å². The summed E-state index contributed by atoms with van der Waals surface area (Å²) in [6, 6.07) is 10.4. The van der Waals surface area contributed by atoms with Gasteiger partial charge in [-0.05, 0) is 62.6 Å². The molecule has 7 nitrogen and oxygen atoms in total. The molecule has 1 aliphatic rings. The molecule has 1 atom stereocenters. The maximum Gasteiger partial charge on any atom is 0.273 e. The van der Waals surface area contributed by atoms with Gasteiger partial charge in [-0.2, -0.15) is 0 Å². The molecule has 1 aliphatic heterocycles. The maximum atomic E-state index is 12.6. The number of anilines is 1. The third-order valence-electron chi connectivity index (χ3n) is 5.15. The van der Waals surface area contributed by atoms with Crippen LogP contribution in [0, 0.1) is 0 Å². The Bertz CT molecular complexity index is 912. The average molecular weight is 438 g/mol. The highest BCUT2D eigenvalue weighted by molar-refractivity contribution is 7.94. The molecule has 0 bridgehead atoms. The third-order valence-corrected chi connectivity index (χ3v) is 8.31. The Hall–Kier alpha value is -2.10. The first-order chi connectivity index (χ1) is 13.8. The lowest BCUT2D eigenvalue weighted by Gasteiger charge is -2.36. The lowest BCUT2D eigenvalue weighted by atomic mass is 10.1. The van der Waals surface area contributed by atoms with Gasteiger partial charge in [0.25, 0.3) is 15.9 Å². The van der Waals surface area contributed by atoms with Crippen LogP contribution in [0.25, 0.3) is 0 Å². The largest absolute Gasteiger partial charge is 0.484 e. The molecule has 2 aromatic rings. The van der Waals surface area contributed by atoms with Gasteiger partial charge < -0.3 is 14.5 Å². The van der Waals surface area contributed by atoms with E-state index in [0.717, 1.165) is 25.9 Å². The van der Waals surface area contributed by atoms with Crippen LogP contribution in [-0.2, 0) is 14.8 Å². The van der Waals surface area contributed by atoms with Gasteiger partial charge in [-0.25, -0.2) is 8.42 Å². The number of ether oxygens (including phenoxy) is 1. The van der Waals surface area contributed by atoms with Crippen molar-refractivity contribution in [3.05, 3.63) is 41.8 Å². The molecule has 1 aromatic carbocycles. The van der Waals surface area contributed by atoms with E-state index in [1.807, 2.05) is 19.0 Å². The van der Waals surface area contributed by atoms with Crippen LogP contribution >= 0.6 is 11.3 Å². The lowest BCUT2D eigenvalue weighted by Crippen LogP contribution is -2.48. The van der Waals surface area contributed by atoms with E-state index in [4.69, 9.17) is 4.74 Å². The molecule has 1 saturated heterocycles. The van der Waals surface area contributed by atoms with Crippen LogP contribution in [-0.4, -0.2) is 71.0 Å². The van der Waals surface area contributed by atoms with Crippen LogP contribution in [0.4, 0.5) is 5.69 Å². The van der Waals surface area contributed by atoms with Gasteiger partial charge in [0.15, 0.2) is 6.61 Å². The van der Waals surface area contributed by atoms with Crippen LogP contribution < -0.4 is 9.04 Å². The number of nitrogens with zero attached hydrogens (tertiary/aromatic N) is 3. The van der Waals surface area contributed by atoms with Gasteiger partial charge in [-0.15, -0.1) is 11.3 Å². The number of hydrogen-bond donors (Lipinski definition) is 0. The predicted molar refractivity (Wildman–Crippen MR) is 115 cm³/mol. The van der Waals surface area contributed by atoms with Crippen LogP contribution in [0.5, 0.6) is 5.75 Å². The highest BCUT2D eigenvalue weighted by Crippen LogP contribution is 2.26. The van der Waals surface area contributed by atoms with Crippen LogP contribution in [0.15, 0.2) is 46.0 Å². The zero-order valence-corrected chi connectivity index (χ0v) is 18.6. The second-order valence-corrected chi connectivity index (χ2v) is 10.4. The first-order valence-corrected chi connectivity index (χ1v) is 11.8. The maximum absolute atomic E-state index is 12.6. The molecule has 0 aliphatic carbocycles. The van der Waals surface area contributed by atoms with Gasteiger partial charge in [0, 0.05) is 26.2 Å². The van der Waals surface area contributed by atoms with Gasteiger partial charge in [-0.3, -0.25) is 9.10 Å². The monoisotopic (exact) mass is 437 g/mol. The topological polar surface area (TPSA) is 70.2 Å². The quantitative estimate of drug-likeness (QED) is 0.666. The number of amides is 1. The van der Waals surface area contributed by atoms with E-state index < -0.39 is 10.0 Å². The van der Waals surface area contributed by atoms with Crippen molar-refractivity contribution in [2.24, 2.45) is 0 Å². The van der Waals surface area contributed by atoms with Crippen molar-refractivity contribution < 1.29 is 17.9 Å². The van der Waals surface area contributed by atoms with E-state index >= 15 is 0 Å². The first-order valence-electron chi connectivity index (χ1n) is 9.48. The first kappa shape index (κ1) is 21.6. The fraction of sp³-hybridized carbons (Fsp3) is 0.450. The summed E-state index contributed by atoms with van der Waals surface area (Å²) in [4.78, 5) is 16.5. The smallest absolute Gasteiger partial charge is 0.273 e. The molecular weight excluding hydrogens is 410 g/mol. The fourth-order valence-corrected chi connectivity index (χ4v) is 5.63. The second-order valence-electron chi connectivity index (χ2n) is 7.29. The summed E-state index contributed by atoms with van der Waals surface area (Å²) in [5, 5.41) is 1.73. The lowest BCUT2D eigenvalue weighted by molar-refractivity contribution is -0.135. The van der Waals surface area contributed by atoms with Crippen LogP contribution in [0.3, 0.4) is 0 Å². The normalized spacial score (nSPS) is 17.4. The number of piperidine rings is 1. The molecule has 1 unspecified atom stereocenters.